The van der Waals surface area contributed by atoms with Gasteiger partial charge in [-0.2, -0.15) is 0 Å². The van der Waals surface area contributed by atoms with Gasteiger partial charge in [-0.3, -0.25) is 9.59 Å². The predicted octanol–water partition coefficient (Wildman–Crippen LogP) is 1.70. The standard InChI is InChI=1S/C17H24N2O3/c1-2-22-14-11-13(17(14)8-4-5-9-17)18-15(20)12-19-10-6-3-7-16(19)21/h3,6-7,10,13-14H,2,4-5,8-9,11-12H2,1H3,(H,18,20). The molecule has 2 saturated carbocycles. The summed E-state index contributed by atoms with van der Waals surface area (Å²) in [5.41, 5.74) is -0.0122. The Labute approximate surface area is 130 Å². The highest BCUT2D eigenvalue weighted by Crippen LogP contribution is 2.54. The first kappa shape index (κ1) is 15.3. The molecule has 0 bridgehead atoms. The van der Waals surface area contributed by atoms with E-state index in [0.717, 1.165) is 25.9 Å². The molecule has 5 heteroatoms. The third kappa shape index (κ3) is 2.70. The molecular weight excluding hydrogens is 280 g/mol. The van der Waals surface area contributed by atoms with Crippen molar-refractivity contribution in [2.24, 2.45) is 5.41 Å². The molecule has 2 fully saturated rings. The molecule has 0 aromatic carbocycles. The van der Waals surface area contributed by atoms with Crippen LogP contribution in [0, 0.1) is 5.41 Å². The topological polar surface area (TPSA) is 60.3 Å². The fourth-order valence-corrected chi connectivity index (χ4v) is 4.07. The smallest absolute Gasteiger partial charge is 0.250 e. The molecule has 2 atom stereocenters. The summed E-state index contributed by atoms with van der Waals surface area (Å²) in [4.78, 5) is 23.9. The van der Waals surface area contributed by atoms with E-state index < -0.39 is 0 Å². The zero-order valence-corrected chi connectivity index (χ0v) is 13.1. The van der Waals surface area contributed by atoms with Crippen LogP contribution in [0.3, 0.4) is 0 Å². The third-order valence-electron chi connectivity index (χ3n) is 5.24. The van der Waals surface area contributed by atoms with E-state index in [0.29, 0.717) is 0 Å². The summed E-state index contributed by atoms with van der Waals surface area (Å²) >= 11 is 0. The van der Waals surface area contributed by atoms with E-state index in [1.165, 1.54) is 23.5 Å². The zero-order valence-electron chi connectivity index (χ0n) is 13.1. The molecule has 0 radical (unpaired) electrons. The molecule has 120 valence electrons. The highest BCUT2D eigenvalue weighted by molar-refractivity contribution is 5.76. The Kier molecular flexibility index (Phi) is 4.34. The Morgan fingerprint density at radius 3 is 2.86 bits per heavy atom. The number of nitrogens with one attached hydrogen (secondary N) is 1. The first-order valence-electron chi connectivity index (χ1n) is 8.22. The molecule has 2 unspecified atom stereocenters. The van der Waals surface area contributed by atoms with Gasteiger partial charge in [0.15, 0.2) is 0 Å². The molecule has 2 aliphatic rings. The Morgan fingerprint density at radius 1 is 1.41 bits per heavy atom. The number of aromatic nitrogens is 1. The molecule has 1 aromatic heterocycles. The van der Waals surface area contributed by atoms with Gasteiger partial charge in [-0.05, 0) is 32.3 Å². The summed E-state index contributed by atoms with van der Waals surface area (Å²) in [6, 6.07) is 5.11. The van der Waals surface area contributed by atoms with Crippen LogP contribution in [0.1, 0.15) is 39.0 Å². The van der Waals surface area contributed by atoms with E-state index in [9.17, 15) is 9.59 Å². The van der Waals surface area contributed by atoms with Gasteiger partial charge in [0, 0.05) is 30.3 Å². The number of carbonyl (C=O) groups is 1. The lowest BCUT2D eigenvalue weighted by molar-refractivity contribution is -0.144. The van der Waals surface area contributed by atoms with Gasteiger partial charge >= 0.3 is 0 Å². The largest absolute Gasteiger partial charge is 0.378 e. The normalized spacial score (nSPS) is 25.9. The number of hydrogen-bond acceptors (Lipinski definition) is 3. The van der Waals surface area contributed by atoms with E-state index >= 15 is 0 Å². The van der Waals surface area contributed by atoms with Crippen LogP contribution in [0.25, 0.3) is 0 Å². The SMILES string of the molecule is CCOC1CC(NC(=O)Cn2ccccc2=O)C12CCCC2. The second kappa shape index (κ2) is 6.24. The van der Waals surface area contributed by atoms with E-state index in [4.69, 9.17) is 4.74 Å². The number of hydrogen-bond donors (Lipinski definition) is 1. The van der Waals surface area contributed by atoms with Crippen molar-refractivity contribution in [1.29, 1.82) is 0 Å². The second-order valence-electron chi connectivity index (χ2n) is 6.41. The van der Waals surface area contributed by atoms with E-state index in [2.05, 4.69) is 5.32 Å². The fraction of sp³-hybridized carbons (Fsp3) is 0.647. The van der Waals surface area contributed by atoms with Crippen molar-refractivity contribution >= 4 is 5.91 Å². The monoisotopic (exact) mass is 304 g/mol. The van der Waals surface area contributed by atoms with Crippen LogP contribution in [0.2, 0.25) is 0 Å². The van der Waals surface area contributed by atoms with Gasteiger partial charge in [0.25, 0.3) is 5.56 Å². The zero-order chi connectivity index (χ0) is 15.6. The van der Waals surface area contributed by atoms with Crippen molar-refractivity contribution in [3.05, 3.63) is 34.7 Å². The Balaban J connectivity index is 1.62. The minimum Gasteiger partial charge on any atom is -0.378 e. The molecule has 0 saturated heterocycles. The molecule has 0 aliphatic heterocycles. The van der Waals surface area contributed by atoms with Gasteiger partial charge in [-0.15, -0.1) is 0 Å². The predicted molar refractivity (Wildman–Crippen MR) is 83.6 cm³/mol. The van der Waals surface area contributed by atoms with Gasteiger partial charge in [-0.25, -0.2) is 0 Å². The van der Waals surface area contributed by atoms with Crippen molar-refractivity contribution in [2.75, 3.05) is 6.61 Å². The van der Waals surface area contributed by atoms with Gasteiger partial charge in [0.05, 0.1) is 6.10 Å². The first-order chi connectivity index (χ1) is 10.7. The summed E-state index contributed by atoms with van der Waals surface area (Å²) in [6.07, 6.45) is 7.52. The van der Waals surface area contributed by atoms with Gasteiger partial charge in [0.2, 0.25) is 5.91 Å². The molecule has 22 heavy (non-hydrogen) atoms. The van der Waals surface area contributed by atoms with E-state index in [1.807, 2.05) is 6.92 Å². The molecule has 2 aliphatic carbocycles. The van der Waals surface area contributed by atoms with Crippen LogP contribution in [0.4, 0.5) is 0 Å². The van der Waals surface area contributed by atoms with Crippen LogP contribution in [0.5, 0.6) is 0 Å². The van der Waals surface area contributed by atoms with Crippen molar-refractivity contribution in [1.82, 2.24) is 9.88 Å². The van der Waals surface area contributed by atoms with Gasteiger partial charge in [0.1, 0.15) is 6.54 Å². The van der Waals surface area contributed by atoms with Gasteiger partial charge < -0.3 is 14.6 Å². The molecule has 1 spiro atoms. The van der Waals surface area contributed by atoms with Crippen LogP contribution >= 0.6 is 0 Å². The van der Waals surface area contributed by atoms with E-state index in [1.54, 1.807) is 18.3 Å². The summed E-state index contributed by atoms with van der Waals surface area (Å²) in [5.74, 6) is -0.0838. The third-order valence-corrected chi connectivity index (χ3v) is 5.24. The Bertz CT molecular complexity index is 590. The Hall–Kier alpha value is -1.62. The second-order valence-corrected chi connectivity index (χ2v) is 6.41. The maximum Gasteiger partial charge on any atom is 0.250 e. The highest BCUT2D eigenvalue weighted by atomic mass is 16.5. The van der Waals surface area contributed by atoms with Crippen molar-refractivity contribution < 1.29 is 9.53 Å². The number of pyridine rings is 1. The average molecular weight is 304 g/mol. The molecule has 1 heterocycles. The number of amides is 1. The lowest BCUT2D eigenvalue weighted by atomic mass is 9.60. The lowest BCUT2D eigenvalue weighted by Gasteiger charge is -2.54. The Morgan fingerprint density at radius 2 is 2.18 bits per heavy atom. The van der Waals surface area contributed by atoms with Crippen LogP contribution in [-0.2, 0) is 16.1 Å². The maximum atomic E-state index is 12.3. The minimum absolute atomic E-state index is 0.0838. The quantitative estimate of drug-likeness (QED) is 0.901. The van der Waals surface area contributed by atoms with E-state index in [-0.39, 0.29) is 35.6 Å². The molecule has 1 amide bonds. The molecule has 3 rings (SSSR count). The van der Waals surface area contributed by atoms with Crippen LogP contribution in [-0.4, -0.2) is 29.2 Å². The number of ether oxygens (including phenoxy) is 1. The molecular formula is C17H24N2O3. The molecule has 1 aromatic rings. The number of carbonyl (C=O) groups excluding carboxylic acids is 1. The summed E-state index contributed by atoms with van der Waals surface area (Å²) in [6.45, 7) is 2.84. The average Bonchev–Trinajstić information content (AvgIpc) is 3.01. The first-order valence-corrected chi connectivity index (χ1v) is 8.22. The molecule has 5 nitrogen and oxygen atoms in total. The number of nitrogens with zero attached hydrogens (tertiary/aromatic N) is 1. The molecule has 1 N–H and O–H groups in total. The minimum atomic E-state index is -0.144. The van der Waals surface area contributed by atoms with Crippen molar-refractivity contribution in [3.8, 4) is 0 Å². The van der Waals surface area contributed by atoms with Crippen molar-refractivity contribution in [2.45, 2.75) is 57.7 Å². The summed E-state index contributed by atoms with van der Waals surface area (Å²) in [5, 5.41) is 3.13. The maximum absolute atomic E-state index is 12.3. The van der Waals surface area contributed by atoms with Crippen molar-refractivity contribution in [3.63, 3.8) is 0 Å². The summed E-state index contributed by atoms with van der Waals surface area (Å²) in [7, 11) is 0. The van der Waals surface area contributed by atoms with Crippen LogP contribution in [0.15, 0.2) is 29.2 Å². The fourth-order valence-electron chi connectivity index (χ4n) is 4.07. The number of rotatable bonds is 5. The van der Waals surface area contributed by atoms with Crippen LogP contribution < -0.4 is 10.9 Å². The lowest BCUT2D eigenvalue weighted by Crippen LogP contribution is -2.64. The highest BCUT2D eigenvalue weighted by Gasteiger charge is 2.57. The summed E-state index contributed by atoms with van der Waals surface area (Å²) < 4.78 is 7.30. The van der Waals surface area contributed by atoms with Gasteiger partial charge in [-0.1, -0.05) is 18.9 Å².